The number of sulfonamides is 1. The zero-order valence-corrected chi connectivity index (χ0v) is 18.7. The van der Waals surface area contributed by atoms with Gasteiger partial charge in [0, 0.05) is 17.3 Å². The molecular formula is C22H23N5O4S. The lowest BCUT2D eigenvalue weighted by molar-refractivity contribution is 0.102. The number of anilines is 2. The Morgan fingerprint density at radius 2 is 1.88 bits per heavy atom. The average molecular weight is 454 g/mol. The third kappa shape index (κ3) is 5.25. The Hall–Kier alpha value is -3.84. The summed E-state index contributed by atoms with van der Waals surface area (Å²) in [6, 6.07) is 14.8. The maximum absolute atomic E-state index is 13.0. The molecule has 0 aliphatic heterocycles. The molecule has 0 aliphatic rings. The van der Waals surface area contributed by atoms with Crippen LogP contribution >= 0.6 is 0 Å². The molecule has 0 fully saturated rings. The van der Waals surface area contributed by atoms with Crippen LogP contribution in [-0.2, 0) is 16.6 Å². The van der Waals surface area contributed by atoms with Gasteiger partial charge in [0.1, 0.15) is 16.5 Å². The van der Waals surface area contributed by atoms with E-state index in [4.69, 9.17) is 10.00 Å². The fraction of sp³-hybridized carbons (Fsp3) is 0.227. The van der Waals surface area contributed by atoms with Crippen molar-refractivity contribution in [2.24, 2.45) is 0 Å². The van der Waals surface area contributed by atoms with Crippen molar-refractivity contribution >= 4 is 27.4 Å². The van der Waals surface area contributed by atoms with Gasteiger partial charge in [-0.25, -0.2) is 13.1 Å². The van der Waals surface area contributed by atoms with Gasteiger partial charge < -0.3 is 10.1 Å². The lowest BCUT2D eigenvalue weighted by atomic mass is 10.2. The molecule has 0 unspecified atom stereocenters. The van der Waals surface area contributed by atoms with Crippen LogP contribution in [0, 0.1) is 25.2 Å². The lowest BCUT2D eigenvalue weighted by Gasteiger charge is -2.14. The number of rotatable bonds is 8. The van der Waals surface area contributed by atoms with Gasteiger partial charge in [0.05, 0.1) is 31.8 Å². The van der Waals surface area contributed by atoms with Crippen molar-refractivity contribution in [3.63, 3.8) is 0 Å². The Morgan fingerprint density at radius 3 is 2.53 bits per heavy atom. The third-order valence-electron chi connectivity index (χ3n) is 4.60. The first-order chi connectivity index (χ1) is 15.2. The van der Waals surface area contributed by atoms with E-state index in [-0.39, 0.29) is 22.6 Å². The molecule has 0 bridgehead atoms. The van der Waals surface area contributed by atoms with E-state index in [0.29, 0.717) is 23.7 Å². The molecule has 1 amide bonds. The molecule has 2 aromatic carbocycles. The van der Waals surface area contributed by atoms with E-state index < -0.39 is 15.9 Å². The fourth-order valence-corrected chi connectivity index (χ4v) is 4.28. The molecule has 9 nitrogen and oxygen atoms in total. The van der Waals surface area contributed by atoms with Crippen molar-refractivity contribution in [3.05, 3.63) is 65.4 Å². The van der Waals surface area contributed by atoms with E-state index >= 15 is 0 Å². The van der Waals surface area contributed by atoms with Crippen LogP contribution in [0.5, 0.6) is 5.75 Å². The van der Waals surface area contributed by atoms with Crippen LogP contribution < -0.4 is 14.8 Å². The maximum Gasteiger partial charge on any atom is 0.265 e. The summed E-state index contributed by atoms with van der Waals surface area (Å²) in [4.78, 5) is 12.7. The van der Waals surface area contributed by atoms with Gasteiger partial charge in [-0.3, -0.25) is 9.52 Å². The number of amides is 1. The predicted octanol–water partition coefficient (Wildman–Crippen LogP) is 3.48. The maximum atomic E-state index is 13.0. The highest BCUT2D eigenvalue weighted by atomic mass is 32.2. The quantitative estimate of drug-likeness (QED) is 0.538. The molecule has 166 valence electrons. The highest BCUT2D eigenvalue weighted by molar-refractivity contribution is 7.92. The number of nitrogens with zero attached hydrogens (tertiary/aromatic N) is 3. The van der Waals surface area contributed by atoms with Gasteiger partial charge in [0.15, 0.2) is 0 Å². The minimum atomic E-state index is -4.02. The van der Waals surface area contributed by atoms with Crippen molar-refractivity contribution in [1.29, 1.82) is 5.26 Å². The second-order valence-electron chi connectivity index (χ2n) is 7.09. The summed E-state index contributed by atoms with van der Waals surface area (Å²) in [6.45, 7) is 3.99. The second-order valence-corrected chi connectivity index (χ2v) is 8.74. The van der Waals surface area contributed by atoms with Gasteiger partial charge in [-0.1, -0.05) is 17.7 Å². The van der Waals surface area contributed by atoms with Crippen LogP contribution in [0.15, 0.2) is 53.4 Å². The Balaban J connectivity index is 1.90. The molecule has 0 saturated carbocycles. The molecule has 1 aromatic heterocycles. The van der Waals surface area contributed by atoms with Crippen molar-refractivity contribution in [3.8, 4) is 11.8 Å². The minimum Gasteiger partial charge on any atom is -0.495 e. The molecule has 0 aliphatic carbocycles. The van der Waals surface area contributed by atoms with Crippen LogP contribution in [-0.4, -0.2) is 31.2 Å². The molecule has 32 heavy (non-hydrogen) atoms. The van der Waals surface area contributed by atoms with Crippen molar-refractivity contribution in [1.82, 2.24) is 9.78 Å². The number of hydrogen-bond acceptors (Lipinski definition) is 6. The first-order valence-corrected chi connectivity index (χ1v) is 11.2. The second kappa shape index (κ2) is 9.53. The zero-order chi connectivity index (χ0) is 23.3. The average Bonchev–Trinajstić information content (AvgIpc) is 3.11. The summed E-state index contributed by atoms with van der Waals surface area (Å²) in [5.41, 5.74) is 2.19. The standard InChI is InChI=1S/C22H23N5O4S/c1-15-5-8-18(9-6-15)26-32(29,30)20-14-17(7-10-19(20)31-3)22(28)24-21-13-16(2)25-27(21)12-4-11-23/h5-10,13-14,26H,4,12H2,1-3H3,(H,24,28). The Morgan fingerprint density at radius 1 is 1.16 bits per heavy atom. The van der Waals surface area contributed by atoms with Gasteiger partial charge in [-0.2, -0.15) is 10.4 Å². The minimum absolute atomic E-state index is 0.107. The van der Waals surface area contributed by atoms with E-state index in [1.165, 1.54) is 30.0 Å². The number of aryl methyl sites for hydroxylation is 3. The van der Waals surface area contributed by atoms with Crippen molar-refractivity contribution < 1.29 is 17.9 Å². The van der Waals surface area contributed by atoms with E-state index in [1.54, 1.807) is 37.3 Å². The molecule has 2 N–H and O–H groups in total. The topological polar surface area (TPSA) is 126 Å². The number of aromatic nitrogens is 2. The van der Waals surface area contributed by atoms with Gasteiger partial charge in [-0.15, -0.1) is 0 Å². The van der Waals surface area contributed by atoms with E-state index in [9.17, 15) is 13.2 Å². The number of hydrogen-bond donors (Lipinski definition) is 2. The first kappa shape index (κ1) is 22.8. The monoisotopic (exact) mass is 453 g/mol. The Labute approximate surface area is 186 Å². The van der Waals surface area contributed by atoms with Crippen LogP contribution in [0.25, 0.3) is 0 Å². The third-order valence-corrected chi connectivity index (χ3v) is 6.00. The summed E-state index contributed by atoms with van der Waals surface area (Å²) in [5, 5.41) is 15.8. The van der Waals surface area contributed by atoms with E-state index in [2.05, 4.69) is 15.1 Å². The Bertz CT molecular complexity index is 1270. The first-order valence-electron chi connectivity index (χ1n) is 9.74. The molecule has 3 rings (SSSR count). The molecule has 1 heterocycles. The molecular weight excluding hydrogens is 430 g/mol. The predicted molar refractivity (Wildman–Crippen MR) is 120 cm³/mol. The number of benzene rings is 2. The van der Waals surface area contributed by atoms with E-state index in [1.807, 2.05) is 13.0 Å². The summed E-state index contributed by atoms with van der Waals surface area (Å²) in [7, 11) is -2.66. The lowest BCUT2D eigenvalue weighted by Crippen LogP contribution is -2.18. The van der Waals surface area contributed by atoms with Gasteiger partial charge in [-0.05, 0) is 44.2 Å². The van der Waals surface area contributed by atoms with Crippen LogP contribution in [0.4, 0.5) is 11.5 Å². The molecule has 0 spiro atoms. The largest absolute Gasteiger partial charge is 0.495 e. The molecule has 3 aromatic rings. The Kier molecular flexibility index (Phi) is 6.80. The number of carbonyl (C=O) groups is 1. The summed E-state index contributed by atoms with van der Waals surface area (Å²) in [5.74, 6) is 0.00868. The number of methoxy groups -OCH3 is 1. The summed E-state index contributed by atoms with van der Waals surface area (Å²) < 4.78 is 35.3. The number of ether oxygens (including phenoxy) is 1. The normalized spacial score (nSPS) is 10.9. The van der Waals surface area contributed by atoms with Gasteiger partial charge >= 0.3 is 0 Å². The molecule has 10 heteroatoms. The zero-order valence-electron chi connectivity index (χ0n) is 17.9. The fourth-order valence-electron chi connectivity index (χ4n) is 3.02. The smallest absolute Gasteiger partial charge is 0.265 e. The van der Waals surface area contributed by atoms with Crippen LogP contribution in [0.2, 0.25) is 0 Å². The van der Waals surface area contributed by atoms with Crippen molar-refractivity contribution in [2.45, 2.75) is 31.7 Å². The molecule has 0 atom stereocenters. The summed E-state index contributed by atoms with van der Waals surface area (Å²) in [6.07, 6.45) is 0.236. The SMILES string of the molecule is COc1ccc(C(=O)Nc2cc(C)nn2CCC#N)cc1S(=O)(=O)Nc1ccc(C)cc1. The molecule has 0 saturated heterocycles. The van der Waals surface area contributed by atoms with Crippen LogP contribution in [0.3, 0.4) is 0 Å². The van der Waals surface area contributed by atoms with Gasteiger partial charge in [0.25, 0.3) is 15.9 Å². The van der Waals surface area contributed by atoms with Gasteiger partial charge in [0.2, 0.25) is 0 Å². The number of carbonyl (C=O) groups excluding carboxylic acids is 1. The number of nitriles is 1. The highest BCUT2D eigenvalue weighted by Crippen LogP contribution is 2.27. The highest BCUT2D eigenvalue weighted by Gasteiger charge is 2.22. The molecule has 0 radical (unpaired) electrons. The van der Waals surface area contributed by atoms with Crippen molar-refractivity contribution in [2.75, 3.05) is 17.1 Å². The summed E-state index contributed by atoms with van der Waals surface area (Å²) >= 11 is 0. The van der Waals surface area contributed by atoms with E-state index in [0.717, 1.165) is 5.56 Å². The van der Waals surface area contributed by atoms with Crippen LogP contribution in [0.1, 0.15) is 28.0 Å². The number of nitrogens with one attached hydrogen (secondary N) is 2.